The third kappa shape index (κ3) is 1.98. The number of nitriles is 1. The van der Waals surface area contributed by atoms with Gasteiger partial charge in [-0.25, -0.2) is 0 Å². The van der Waals surface area contributed by atoms with Crippen LogP contribution >= 0.6 is 15.9 Å². The molecule has 1 heterocycles. The Bertz CT molecular complexity index is 627. The fourth-order valence-corrected chi connectivity index (χ4v) is 2.30. The van der Waals surface area contributed by atoms with Crippen LogP contribution in [0.15, 0.2) is 22.7 Å². The molecule has 3 nitrogen and oxygen atoms in total. The fourth-order valence-electron chi connectivity index (χ4n) is 1.94. The minimum atomic E-state index is 0.639. The minimum absolute atomic E-state index is 0.639. The Labute approximate surface area is 109 Å². The molecule has 2 rings (SSSR count). The van der Waals surface area contributed by atoms with Crippen molar-refractivity contribution in [3.63, 3.8) is 0 Å². The van der Waals surface area contributed by atoms with Gasteiger partial charge < -0.3 is 4.90 Å². The number of hydrogen-bond acceptors (Lipinski definition) is 3. The Balaban J connectivity index is 2.96. The summed E-state index contributed by atoms with van der Waals surface area (Å²) in [5.41, 5.74) is 3.25. The van der Waals surface area contributed by atoms with Crippen molar-refractivity contribution < 1.29 is 0 Å². The predicted molar refractivity (Wildman–Crippen MR) is 73.2 cm³/mol. The lowest BCUT2D eigenvalue weighted by Gasteiger charge is -2.18. The van der Waals surface area contributed by atoms with Crippen LogP contribution < -0.4 is 4.90 Å². The second-order valence-electron chi connectivity index (χ2n) is 4.09. The monoisotopic (exact) mass is 289 g/mol. The maximum Gasteiger partial charge on any atom is 0.103 e. The first-order chi connectivity index (χ1) is 8.04. The SMILES string of the molecule is Cc1nc2ccc(Br)cc2c(N(C)C)c1C#N. The molecule has 2 aromatic rings. The van der Waals surface area contributed by atoms with E-state index in [9.17, 15) is 5.26 Å². The number of benzene rings is 1. The molecule has 0 atom stereocenters. The minimum Gasteiger partial charge on any atom is -0.376 e. The van der Waals surface area contributed by atoms with Gasteiger partial charge in [-0.1, -0.05) is 15.9 Å². The van der Waals surface area contributed by atoms with Gasteiger partial charge in [0.2, 0.25) is 0 Å². The molecule has 0 saturated carbocycles. The molecule has 0 aliphatic carbocycles. The lowest BCUT2D eigenvalue weighted by Crippen LogP contribution is -2.12. The van der Waals surface area contributed by atoms with Gasteiger partial charge in [-0.05, 0) is 25.1 Å². The lowest BCUT2D eigenvalue weighted by molar-refractivity contribution is 1.11. The number of hydrogen-bond donors (Lipinski definition) is 0. The van der Waals surface area contributed by atoms with Crippen molar-refractivity contribution in [1.82, 2.24) is 4.98 Å². The first-order valence-electron chi connectivity index (χ1n) is 5.22. The topological polar surface area (TPSA) is 39.9 Å². The number of aromatic nitrogens is 1. The third-order valence-electron chi connectivity index (χ3n) is 2.66. The van der Waals surface area contributed by atoms with Gasteiger partial charge in [0.1, 0.15) is 6.07 Å². The van der Waals surface area contributed by atoms with E-state index >= 15 is 0 Å². The first-order valence-corrected chi connectivity index (χ1v) is 6.01. The lowest BCUT2D eigenvalue weighted by atomic mass is 10.1. The quantitative estimate of drug-likeness (QED) is 0.809. The van der Waals surface area contributed by atoms with E-state index in [-0.39, 0.29) is 0 Å². The summed E-state index contributed by atoms with van der Waals surface area (Å²) in [6.45, 7) is 1.87. The van der Waals surface area contributed by atoms with Crippen molar-refractivity contribution in [1.29, 1.82) is 5.26 Å². The summed E-state index contributed by atoms with van der Waals surface area (Å²) in [5, 5.41) is 10.2. The largest absolute Gasteiger partial charge is 0.376 e. The Morgan fingerprint density at radius 1 is 1.35 bits per heavy atom. The number of rotatable bonds is 1. The standard InChI is InChI=1S/C13H12BrN3/c1-8-11(7-15)13(17(2)3)10-6-9(14)4-5-12(10)16-8/h4-6H,1-3H3. The molecule has 0 spiro atoms. The van der Waals surface area contributed by atoms with Crippen molar-refractivity contribution in [2.45, 2.75) is 6.92 Å². The van der Waals surface area contributed by atoms with Crippen LogP contribution in [-0.4, -0.2) is 19.1 Å². The smallest absolute Gasteiger partial charge is 0.103 e. The number of halogens is 1. The number of fused-ring (bicyclic) bond motifs is 1. The zero-order valence-corrected chi connectivity index (χ0v) is 11.5. The number of aryl methyl sites for hydroxylation is 1. The van der Waals surface area contributed by atoms with Crippen LogP contribution in [0.25, 0.3) is 10.9 Å². The van der Waals surface area contributed by atoms with E-state index in [1.807, 2.05) is 44.1 Å². The Hall–Kier alpha value is -1.60. The van der Waals surface area contributed by atoms with Gasteiger partial charge in [0, 0.05) is 24.0 Å². The Morgan fingerprint density at radius 2 is 2.06 bits per heavy atom. The van der Waals surface area contributed by atoms with Gasteiger partial charge in [-0.2, -0.15) is 5.26 Å². The van der Waals surface area contributed by atoms with Gasteiger partial charge in [-0.3, -0.25) is 4.98 Å². The molecule has 1 aromatic carbocycles. The van der Waals surface area contributed by atoms with Crippen LogP contribution in [0.1, 0.15) is 11.3 Å². The zero-order valence-electron chi connectivity index (χ0n) is 9.95. The van der Waals surface area contributed by atoms with Gasteiger partial charge in [0.15, 0.2) is 0 Å². The van der Waals surface area contributed by atoms with Crippen LogP contribution in [0.4, 0.5) is 5.69 Å². The molecule has 0 fully saturated rings. The summed E-state index contributed by atoms with van der Waals surface area (Å²) in [5.74, 6) is 0. The van der Waals surface area contributed by atoms with Crippen molar-refractivity contribution in [2.24, 2.45) is 0 Å². The van der Waals surface area contributed by atoms with Crippen LogP contribution in [0.2, 0.25) is 0 Å². The number of pyridine rings is 1. The summed E-state index contributed by atoms with van der Waals surface area (Å²) >= 11 is 3.45. The molecule has 0 unspecified atom stereocenters. The van der Waals surface area contributed by atoms with E-state index in [1.54, 1.807) is 0 Å². The van der Waals surface area contributed by atoms with Crippen molar-refractivity contribution in [2.75, 3.05) is 19.0 Å². The number of nitrogens with zero attached hydrogens (tertiary/aromatic N) is 3. The van der Waals surface area contributed by atoms with Gasteiger partial charge in [0.25, 0.3) is 0 Å². The summed E-state index contributed by atoms with van der Waals surface area (Å²) in [4.78, 5) is 6.42. The van der Waals surface area contributed by atoms with Crippen LogP contribution in [-0.2, 0) is 0 Å². The summed E-state index contributed by atoms with van der Waals surface area (Å²) in [7, 11) is 3.88. The van der Waals surface area contributed by atoms with Crippen LogP contribution in [0, 0.1) is 18.3 Å². The highest BCUT2D eigenvalue weighted by Crippen LogP contribution is 2.31. The van der Waals surface area contributed by atoms with Crippen LogP contribution in [0.3, 0.4) is 0 Å². The molecule has 0 aliphatic heterocycles. The third-order valence-corrected chi connectivity index (χ3v) is 3.15. The van der Waals surface area contributed by atoms with E-state index < -0.39 is 0 Å². The van der Waals surface area contributed by atoms with Crippen molar-refractivity contribution in [3.05, 3.63) is 33.9 Å². The highest BCUT2D eigenvalue weighted by Gasteiger charge is 2.14. The van der Waals surface area contributed by atoms with Gasteiger partial charge in [-0.15, -0.1) is 0 Å². The maximum atomic E-state index is 9.25. The van der Waals surface area contributed by atoms with E-state index in [1.165, 1.54) is 0 Å². The van der Waals surface area contributed by atoms with E-state index in [4.69, 9.17) is 0 Å². The van der Waals surface area contributed by atoms with E-state index in [0.717, 1.165) is 26.8 Å². The molecular formula is C13H12BrN3. The Kier molecular flexibility index (Phi) is 3.03. The van der Waals surface area contributed by atoms with Crippen LogP contribution in [0.5, 0.6) is 0 Å². The molecule has 0 amide bonds. The molecule has 0 saturated heterocycles. The van der Waals surface area contributed by atoms with Gasteiger partial charge >= 0.3 is 0 Å². The second kappa shape index (κ2) is 4.34. The molecule has 0 radical (unpaired) electrons. The molecule has 4 heteroatoms. The summed E-state index contributed by atoms with van der Waals surface area (Å²) in [6, 6.07) is 8.15. The molecule has 0 aliphatic rings. The molecule has 1 aromatic heterocycles. The van der Waals surface area contributed by atoms with Crippen molar-refractivity contribution >= 4 is 32.5 Å². The highest BCUT2D eigenvalue weighted by molar-refractivity contribution is 9.10. The summed E-state index contributed by atoms with van der Waals surface area (Å²) < 4.78 is 0.989. The molecule has 0 N–H and O–H groups in total. The molecule has 86 valence electrons. The summed E-state index contributed by atoms with van der Waals surface area (Å²) in [6.07, 6.45) is 0. The first kappa shape index (κ1) is 11.9. The van der Waals surface area contributed by atoms with Crippen molar-refractivity contribution in [3.8, 4) is 6.07 Å². The molecule has 17 heavy (non-hydrogen) atoms. The highest BCUT2D eigenvalue weighted by atomic mass is 79.9. The van der Waals surface area contributed by atoms with E-state index in [2.05, 4.69) is 27.0 Å². The number of anilines is 1. The predicted octanol–water partition coefficient (Wildman–Crippen LogP) is 3.24. The average Bonchev–Trinajstić information content (AvgIpc) is 2.27. The Morgan fingerprint density at radius 3 is 2.65 bits per heavy atom. The molecular weight excluding hydrogens is 278 g/mol. The van der Waals surface area contributed by atoms with E-state index in [0.29, 0.717) is 5.56 Å². The normalized spacial score (nSPS) is 10.3. The average molecular weight is 290 g/mol. The zero-order chi connectivity index (χ0) is 12.6. The molecule has 0 bridgehead atoms. The maximum absolute atomic E-state index is 9.25. The fraction of sp³-hybridized carbons (Fsp3) is 0.231. The second-order valence-corrected chi connectivity index (χ2v) is 5.00. The van der Waals surface area contributed by atoms with Gasteiger partial charge in [0.05, 0.1) is 22.5 Å².